The van der Waals surface area contributed by atoms with Crippen molar-refractivity contribution in [2.45, 2.75) is 26.2 Å². The van der Waals surface area contributed by atoms with Gasteiger partial charge in [0.05, 0.1) is 5.39 Å². The smallest absolute Gasteiger partial charge is 0.343 e. The van der Waals surface area contributed by atoms with Crippen LogP contribution < -0.4 is 10.6 Å². The van der Waals surface area contributed by atoms with Crippen LogP contribution in [-0.2, 0) is 7.05 Å². The van der Waals surface area contributed by atoms with Crippen LogP contribution in [-0.4, -0.2) is 32.8 Å². The van der Waals surface area contributed by atoms with Gasteiger partial charge in [0.1, 0.15) is 23.0 Å². The number of H-pyrrole nitrogens is 1. The molecular formula is C17H21N5O2. The summed E-state index contributed by atoms with van der Waals surface area (Å²) in [5.74, 6) is 3.33. The van der Waals surface area contributed by atoms with E-state index in [4.69, 9.17) is 4.42 Å². The highest BCUT2D eigenvalue weighted by atomic mass is 16.3. The zero-order valence-electron chi connectivity index (χ0n) is 14.1. The summed E-state index contributed by atoms with van der Waals surface area (Å²) in [7, 11) is 1.77. The molecule has 7 heteroatoms. The van der Waals surface area contributed by atoms with E-state index in [1.54, 1.807) is 17.8 Å². The summed E-state index contributed by atoms with van der Waals surface area (Å²) in [5.41, 5.74) is 0.694. The highest BCUT2D eigenvalue weighted by Gasteiger charge is 2.30. The molecule has 0 saturated carbocycles. The minimum Gasteiger partial charge on any atom is -0.461 e. The number of rotatable bonds is 2. The SMILES string of the molecule is Cc1cc2c(N3C[C@H](C)C[C@@H](c4n[nH]c(=O)n4C)C3)nccc2o1. The second-order valence-electron chi connectivity index (χ2n) is 6.79. The Morgan fingerprint density at radius 3 is 2.96 bits per heavy atom. The van der Waals surface area contributed by atoms with Crippen molar-refractivity contribution in [3.8, 4) is 0 Å². The molecule has 0 radical (unpaired) electrons. The van der Waals surface area contributed by atoms with Crippen LogP contribution in [0.4, 0.5) is 5.82 Å². The fourth-order valence-corrected chi connectivity index (χ4v) is 3.76. The quantitative estimate of drug-likeness (QED) is 0.780. The predicted octanol–water partition coefficient (Wildman–Crippen LogP) is 2.19. The zero-order chi connectivity index (χ0) is 16.8. The molecule has 1 saturated heterocycles. The molecule has 1 aliphatic heterocycles. The molecule has 0 aromatic carbocycles. The zero-order valence-corrected chi connectivity index (χ0v) is 14.1. The van der Waals surface area contributed by atoms with E-state index < -0.39 is 0 Å². The maximum atomic E-state index is 11.7. The van der Waals surface area contributed by atoms with Gasteiger partial charge in [0.15, 0.2) is 0 Å². The van der Waals surface area contributed by atoms with E-state index in [2.05, 4.69) is 27.0 Å². The van der Waals surface area contributed by atoms with E-state index in [1.807, 2.05) is 19.1 Å². The molecule has 0 bridgehead atoms. The van der Waals surface area contributed by atoms with Crippen molar-refractivity contribution in [1.29, 1.82) is 0 Å². The number of anilines is 1. The van der Waals surface area contributed by atoms with Crippen LogP contribution in [0.5, 0.6) is 0 Å². The van der Waals surface area contributed by atoms with Crippen molar-refractivity contribution < 1.29 is 4.42 Å². The summed E-state index contributed by atoms with van der Waals surface area (Å²) in [5, 5.41) is 7.81. The van der Waals surface area contributed by atoms with Gasteiger partial charge in [-0.25, -0.2) is 14.9 Å². The monoisotopic (exact) mass is 327 g/mol. The Morgan fingerprint density at radius 1 is 1.38 bits per heavy atom. The second-order valence-corrected chi connectivity index (χ2v) is 6.79. The number of furan rings is 1. The normalized spacial score (nSPS) is 21.5. The highest BCUT2D eigenvalue weighted by molar-refractivity contribution is 5.89. The molecule has 7 nitrogen and oxygen atoms in total. The standard InChI is InChI=1S/C17H21N5O2/c1-10-6-12(15-19-20-17(23)21(15)3)9-22(8-10)16-13-7-11(2)24-14(13)4-5-18-16/h4-5,7,10,12H,6,8-9H2,1-3H3,(H,20,23)/t10-,12-/m1/s1. The third-order valence-electron chi connectivity index (χ3n) is 4.79. The van der Waals surface area contributed by atoms with Crippen LogP contribution in [0.2, 0.25) is 0 Å². The number of piperidine rings is 1. The minimum atomic E-state index is -0.166. The van der Waals surface area contributed by atoms with E-state index in [-0.39, 0.29) is 11.6 Å². The molecule has 0 unspecified atom stereocenters. The number of aromatic nitrogens is 4. The molecule has 1 fully saturated rings. The Bertz CT molecular complexity index is 938. The number of hydrogen-bond donors (Lipinski definition) is 1. The molecule has 4 heterocycles. The lowest BCUT2D eigenvalue weighted by molar-refractivity contribution is 0.385. The molecule has 126 valence electrons. The Hall–Kier alpha value is -2.57. The number of nitrogens with one attached hydrogen (secondary N) is 1. The Kier molecular flexibility index (Phi) is 3.44. The maximum Gasteiger partial charge on any atom is 0.343 e. The average molecular weight is 327 g/mol. The summed E-state index contributed by atoms with van der Waals surface area (Å²) in [6.07, 6.45) is 2.80. The van der Waals surface area contributed by atoms with Gasteiger partial charge >= 0.3 is 5.69 Å². The molecule has 1 N–H and O–H groups in total. The summed E-state index contributed by atoms with van der Waals surface area (Å²) in [4.78, 5) is 18.6. The van der Waals surface area contributed by atoms with Crippen LogP contribution in [0.3, 0.4) is 0 Å². The third-order valence-corrected chi connectivity index (χ3v) is 4.79. The Balaban J connectivity index is 1.72. The van der Waals surface area contributed by atoms with Gasteiger partial charge in [0.25, 0.3) is 0 Å². The first kappa shape index (κ1) is 15.0. The molecule has 4 rings (SSSR count). The highest BCUT2D eigenvalue weighted by Crippen LogP contribution is 2.34. The minimum absolute atomic E-state index is 0.166. The molecule has 3 aromatic heterocycles. The molecule has 1 aliphatic rings. The Labute approximate surface area is 139 Å². The van der Waals surface area contributed by atoms with E-state index in [1.165, 1.54) is 0 Å². The number of hydrogen-bond acceptors (Lipinski definition) is 5. The van der Waals surface area contributed by atoms with Crippen molar-refractivity contribution >= 4 is 16.8 Å². The van der Waals surface area contributed by atoms with Crippen LogP contribution in [0.25, 0.3) is 11.0 Å². The molecule has 3 aromatic rings. The van der Waals surface area contributed by atoms with Crippen molar-refractivity contribution in [3.05, 3.63) is 40.4 Å². The number of pyridine rings is 1. The van der Waals surface area contributed by atoms with Crippen LogP contribution in [0, 0.1) is 12.8 Å². The summed E-state index contributed by atoms with van der Waals surface area (Å²) < 4.78 is 7.34. The fraction of sp³-hybridized carbons (Fsp3) is 0.471. The first-order valence-corrected chi connectivity index (χ1v) is 8.24. The first-order chi connectivity index (χ1) is 11.5. The van der Waals surface area contributed by atoms with Crippen LogP contribution in [0.15, 0.2) is 27.5 Å². The molecule has 0 amide bonds. The maximum absolute atomic E-state index is 11.7. The number of aryl methyl sites for hydroxylation is 1. The van der Waals surface area contributed by atoms with E-state index in [0.29, 0.717) is 5.92 Å². The predicted molar refractivity (Wildman–Crippen MR) is 91.3 cm³/mol. The van der Waals surface area contributed by atoms with Gasteiger partial charge in [-0.15, -0.1) is 0 Å². The lowest BCUT2D eigenvalue weighted by Gasteiger charge is -2.36. The topological polar surface area (TPSA) is 80.0 Å². The summed E-state index contributed by atoms with van der Waals surface area (Å²) in [6.45, 7) is 5.90. The molecule has 24 heavy (non-hydrogen) atoms. The molecule has 2 atom stereocenters. The van der Waals surface area contributed by atoms with Gasteiger partial charge < -0.3 is 9.32 Å². The van der Waals surface area contributed by atoms with Crippen molar-refractivity contribution in [2.75, 3.05) is 18.0 Å². The summed E-state index contributed by atoms with van der Waals surface area (Å²) >= 11 is 0. The van der Waals surface area contributed by atoms with Crippen molar-refractivity contribution in [3.63, 3.8) is 0 Å². The van der Waals surface area contributed by atoms with Gasteiger partial charge in [-0.2, -0.15) is 5.10 Å². The first-order valence-electron chi connectivity index (χ1n) is 8.24. The van der Waals surface area contributed by atoms with E-state index in [0.717, 1.165) is 47.9 Å². The van der Waals surface area contributed by atoms with Crippen molar-refractivity contribution in [2.24, 2.45) is 13.0 Å². The number of aromatic amines is 1. The van der Waals surface area contributed by atoms with Gasteiger partial charge in [-0.3, -0.25) is 4.57 Å². The molecular weight excluding hydrogens is 306 g/mol. The molecule has 0 spiro atoms. The van der Waals surface area contributed by atoms with E-state index in [9.17, 15) is 4.79 Å². The van der Waals surface area contributed by atoms with Crippen molar-refractivity contribution in [1.82, 2.24) is 19.7 Å². The summed E-state index contributed by atoms with van der Waals surface area (Å²) in [6, 6.07) is 3.93. The van der Waals surface area contributed by atoms with Crippen LogP contribution >= 0.6 is 0 Å². The lowest BCUT2D eigenvalue weighted by atomic mass is 9.89. The van der Waals surface area contributed by atoms with Gasteiger partial charge in [-0.05, 0) is 31.4 Å². The number of fused-ring (bicyclic) bond motifs is 1. The van der Waals surface area contributed by atoms with E-state index >= 15 is 0 Å². The largest absolute Gasteiger partial charge is 0.461 e. The average Bonchev–Trinajstić information content (AvgIpc) is 3.08. The van der Waals surface area contributed by atoms with Gasteiger partial charge in [0.2, 0.25) is 0 Å². The number of nitrogens with zero attached hydrogens (tertiary/aromatic N) is 4. The van der Waals surface area contributed by atoms with Gasteiger partial charge in [-0.1, -0.05) is 6.92 Å². The van der Waals surface area contributed by atoms with Gasteiger partial charge in [0, 0.05) is 32.3 Å². The third kappa shape index (κ3) is 2.40. The van der Waals surface area contributed by atoms with Crippen LogP contribution in [0.1, 0.15) is 30.8 Å². The Morgan fingerprint density at radius 2 is 2.21 bits per heavy atom. The molecule has 0 aliphatic carbocycles. The second kappa shape index (κ2) is 5.51. The fourth-order valence-electron chi connectivity index (χ4n) is 3.76. The lowest BCUT2D eigenvalue weighted by Crippen LogP contribution is -2.40.